The van der Waals surface area contributed by atoms with Gasteiger partial charge >= 0.3 is 0 Å². The first-order valence-corrected chi connectivity index (χ1v) is 10.4. The van der Waals surface area contributed by atoms with Gasteiger partial charge in [-0.05, 0) is 50.6 Å². The molecule has 2 aromatic rings. The van der Waals surface area contributed by atoms with E-state index in [-0.39, 0.29) is 16.4 Å². The summed E-state index contributed by atoms with van der Waals surface area (Å²) in [7, 11) is -1.67. The van der Waals surface area contributed by atoms with Crippen LogP contribution in [0.5, 0.6) is 0 Å². The fraction of sp³-hybridized carbons (Fsp3) is 0.471. The Labute approximate surface area is 152 Å². The SMILES string of the molecule is Cc1ccc(C(=O)Nc2nc(C3CCNCC3)nn2C)cc1S(C)(=O)=O. The van der Waals surface area contributed by atoms with E-state index in [9.17, 15) is 13.2 Å². The highest BCUT2D eigenvalue weighted by atomic mass is 32.2. The first-order chi connectivity index (χ1) is 12.3. The number of hydrogen-bond acceptors (Lipinski definition) is 6. The maximum Gasteiger partial charge on any atom is 0.258 e. The van der Waals surface area contributed by atoms with Crippen molar-refractivity contribution in [3.8, 4) is 0 Å². The maximum absolute atomic E-state index is 12.5. The van der Waals surface area contributed by atoms with E-state index >= 15 is 0 Å². The number of rotatable bonds is 4. The molecule has 2 N–H and O–H groups in total. The summed E-state index contributed by atoms with van der Waals surface area (Å²) in [5, 5.41) is 10.4. The Hall–Kier alpha value is -2.26. The zero-order chi connectivity index (χ0) is 18.9. The third-order valence-electron chi connectivity index (χ3n) is 4.56. The van der Waals surface area contributed by atoms with Crippen molar-refractivity contribution in [1.29, 1.82) is 0 Å². The van der Waals surface area contributed by atoms with Crippen molar-refractivity contribution in [3.05, 3.63) is 35.2 Å². The summed E-state index contributed by atoms with van der Waals surface area (Å²) in [6, 6.07) is 4.62. The predicted octanol–water partition coefficient (Wildman–Crippen LogP) is 1.25. The normalized spacial score (nSPS) is 15.8. The lowest BCUT2D eigenvalue weighted by Crippen LogP contribution is -2.27. The van der Waals surface area contributed by atoms with Gasteiger partial charge in [-0.3, -0.25) is 10.1 Å². The number of nitrogens with one attached hydrogen (secondary N) is 2. The van der Waals surface area contributed by atoms with E-state index in [1.165, 1.54) is 6.07 Å². The molecule has 140 valence electrons. The molecule has 9 heteroatoms. The van der Waals surface area contributed by atoms with Gasteiger partial charge in [0.1, 0.15) is 0 Å². The average Bonchev–Trinajstić information content (AvgIpc) is 2.95. The molecule has 0 saturated carbocycles. The zero-order valence-electron chi connectivity index (χ0n) is 15.1. The lowest BCUT2D eigenvalue weighted by Gasteiger charge is -2.19. The van der Waals surface area contributed by atoms with Crippen molar-refractivity contribution in [1.82, 2.24) is 20.1 Å². The lowest BCUT2D eigenvalue weighted by molar-refractivity contribution is 0.102. The smallest absolute Gasteiger partial charge is 0.258 e. The van der Waals surface area contributed by atoms with Crippen molar-refractivity contribution < 1.29 is 13.2 Å². The number of anilines is 1. The van der Waals surface area contributed by atoms with Crippen LogP contribution < -0.4 is 10.6 Å². The van der Waals surface area contributed by atoms with Gasteiger partial charge < -0.3 is 5.32 Å². The van der Waals surface area contributed by atoms with Crippen molar-refractivity contribution in [2.75, 3.05) is 24.7 Å². The maximum atomic E-state index is 12.5. The van der Waals surface area contributed by atoms with E-state index in [0.29, 0.717) is 11.5 Å². The Kier molecular flexibility index (Phi) is 5.10. The Balaban J connectivity index is 1.81. The van der Waals surface area contributed by atoms with Crippen LogP contribution in [0.15, 0.2) is 23.1 Å². The molecule has 1 aromatic carbocycles. The highest BCUT2D eigenvalue weighted by Gasteiger charge is 2.22. The molecule has 26 heavy (non-hydrogen) atoms. The molecule has 1 aromatic heterocycles. The van der Waals surface area contributed by atoms with E-state index < -0.39 is 15.7 Å². The minimum atomic E-state index is -3.40. The van der Waals surface area contributed by atoms with Gasteiger partial charge in [0.05, 0.1) is 4.90 Å². The molecule has 0 bridgehead atoms. The number of benzene rings is 1. The highest BCUT2D eigenvalue weighted by Crippen LogP contribution is 2.23. The van der Waals surface area contributed by atoms with E-state index in [4.69, 9.17) is 0 Å². The summed E-state index contributed by atoms with van der Waals surface area (Å²) in [6.07, 6.45) is 3.06. The van der Waals surface area contributed by atoms with Crippen LogP contribution in [-0.4, -0.2) is 48.4 Å². The summed E-state index contributed by atoms with van der Waals surface area (Å²) in [6.45, 7) is 3.57. The molecule has 3 rings (SSSR count). The summed E-state index contributed by atoms with van der Waals surface area (Å²) < 4.78 is 25.3. The number of carbonyl (C=O) groups excluding carboxylic acids is 1. The van der Waals surface area contributed by atoms with E-state index in [1.807, 2.05) is 0 Å². The third-order valence-corrected chi connectivity index (χ3v) is 5.80. The minimum Gasteiger partial charge on any atom is -0.317 e. The van der Waals surface area contributed by atoms with Gasteiger partial charge in [-0.2, -0.15) is 10.1 Å². The van der Waals surface area contributed by atoms with Crippen LogP contribution in [0.3, 0.4) is 0 Å². The van der Waals surface area contributed by atoms with Gasteiger partial charge in [-0.1, -0.05) is 6.07 Å². The van der Waals surface area contributed by atoms with Crippen LogP contribution >= 0.6 is 0 Å². The topological polar surface area (TPSA) is 106 Å². The molecule has 0 spiro atoms. The Bertz CT molecular complexity index is 930. The molecule has 1 amide bonds. The van der Waals surface area contributed by atoms with Gasteiger partial charge in [-0.15, -0.1) is 0 Å². The van der Waals surface area contributed by atoms with E-state index in [0.717, 1.165) is 38.0 Å². The number of aromatic nitrogens is 3. The third kappa shape index (κ3) is 3.94. The first-order valence-electron chi connectivity index (χ1n) is 8.49. The van der Waals surface area contributed by atoms with Crippen LogP contribution in [0.1, 0.15) is 40.5 Å². The molecule has 0 unspecified atom stereocenters. The Morgan fingerprint density at radius 3 is 2.65 bits per heavy atom. The molecule has 1 aliphatic heterocycles. The van der Waals surface area contributed by atoms with Crippen LogP contribution in [0.2, 0.25) is 0 Å². The van der Waals surface area contributed by atoms with Crippen molar-refractivity contribution in [3.63, 3.8) is 0 Å². The fourth-order valence-corrected chi connectivity index (χ4v) is 4.07. The Morgan fingerprint density at radius 2 is 2.00 bits per heavy atom. The second-order valence-corrected chi connectivity index (χ2v) is 8.63. The van der Waals surface area contributed by atoms with Gasteiger partial charge in [0.25, 0.3) is 5.91 Å². The van der Waals surface area contributed by atoms with Gasteiger partial charge in [0.15, 0.2) is 15.7 Å². The highest BCUT2D eigenvalue weighted by molar-refractivity contribution is 7.90. The lowest BCUT2D eigenvalue weighted by atomic mass is 9.98. The molecular weight excluding hydrogens is 354 g/mol. The zero-order valence-corrected chi connectivity index (χ0v) is 15.9. The first kappa shape index (κ1) is 18.5. The number of sulfone groups is 1. The monoisotopic (exact) mass is 377 g/mol. The summed E-state index contributed by atoms with van der Waals surface area (Å²) in [5.41, 5.74) is 0.873. The molecule has 2 heterocycles. The van der Waals surface area contributed by atoms with Crippen LogP contribution in [0, 0.1) is 6.92 Å². The number of nitrogens with zero attached hydrogens (tertiary/aromatic N) is 3. The molecule has 1 fully saturated rings. The second kappa shape index (κ2) is 7.16. The molecule has 1 aliphatic rings. The number of aryl methyl sites for hydroxylation is 2. The summed E-state index contributed by atoms with van der Waals surface area (Å²) >= 11 is 0. The van der Waals surface area contributed by atoms with E-state index in [2.05, 4.69) is 20.7 Å². The fourth-order valence-electron chi connectivity index (χ4n) is 3.08. The summed E-state index contributed by atoms with van der Waals surface area (Å²) in [5.74, 6) is 0.946. The second-order valence-electron chi connectivity index (χ2n) is 6.65. The molecule has 0 radical (unpaired) electrons. The molecule has 0 atom stereocenters. The van der Waals surface area contributed by atoms with Crippen LogP contribution in [-0.2, 0) is 16.9 Å². The largest absolute Gasteiger partial charge is 0.317 e. The van der Waals surface area contributed by atoms with Crippen molar-refractivity contribution >= 4 is 21.7 Å². The molecule has 8 nitrogen and oxygen atoms in total. The van der Waals surface area contributed by atoms with Crippen LogP contribution in [0.4, 0.5) is 5.95 Å². The number of amides is 1. The number of piperidine rings is 1. The molecule has 0 aliphatic carbocycles. The predicted molar refractivity (Wildman–Crippen MR) is 98.1 cm³/mol. The molecule has 1 saturated heterocycles. The van der Waals surface area contributed by atoms with Gasteiger partial charge in [-0.25, -0.2) is 13.1 Å². The van der Waals surface area contributed by atoms with Crippen LogP contribution in [0.25, 0.3) is 0 Å². The quantitative estimate of drug-likeness (QED) is 0.831. The number of hydrogen-bond donors (Lipinski definition) is 2. The summed E-state index contributed by atoms with van der Waals surface area (Å²) in [4.78, 5) is 17.2. The van der Waals surface area contributed by atoms with Crippen molar-refractivity contribution in [2.24, 2.45) is 7.05 Å². The minimum absolute atomic E-state index is 0.151. The average molecular weight is 377 g/mol. The van der Waals surface area contributed by atoms with Gasteiger partial charge in [0, 0.05) is 24.8 Å². The standard InChI is InChI=1S/C17H23N5O3S/c1-11-4-5-13(10-14(11)26(3,24)25)16(23)20-17-19-15(21-22(17)2)12-6-8-18-9-7-12/h4-5,10,12,18H,6-9H2,1-3H3,(H,19,20,21,23). The van der Waals surface area contributed by atoms with E-state index in [1.54, 1.807) is 30.8 Å². The Morgan fingerprint density at radius 1 is 1.31 bits per heavy atom. The van der Waals surface area contributed by atoms with Crippen molar-refractivity contribution in [2.45, 2.75) is 30.6 Å². The van der Waals surface area contributed by atoms with Gasteiger partial charge in [0.2, 0.25) is 5.95 Å². The number of carbonyl (C=O) groups is 1. The molecular formula is C17H23N5O3S.